The van der Waals surface area contributed by atoms with E-state index >= 15 is 0 Å². The average Bonchev–Trinajstić information content (AvgIpc) is 3.41. The van der Waals surface area contributed by atoms with Crippen LogP contribution in [-0.2, 0) is 35.4 Å². The quantitative estimate of drug-likeness (QED) is 0.407. The number of aromatic nitrogens is 2. The minimum atomic E-state index is -0.170. The molecule has 2 N–H and O–H groups in total. The molecule has 1 aliphatic carbocycles. The summed E-state index contributed by atoms with van der Waals surface area (Å²) in [4.78, 5) is 45.2. The van der Waals surface area contributed by atoms with Crippen LogP contribution in [0.5, 0.6) is 0 Å². The molecule has 0 saturated carbocycles. The van der Waals surface area contributed by atoms with Gasteiger partial charge in [-0.3, -0.25) is 14.4 Å². The molecule has 188 valence electrons. The second-order valence-electron chi connectivity index (χ2n) is 9.23. The maximum atomic E-state index is 13.1. The van der Waals surface area contributed by atoms with Gasteiger partial charge in [0.05, 0.1) is 22.3 Å². The lowest BCUT2D eigenvalue weighted by atomic mass is 10.0. The molecular formula is C26H28BrN5O3S. The number of hydrogen-bond acceptors (Lipinski definition) is 5. The Balaban J connectivity index is 1.23. The predicted octanol–water partition coefficient (Wildman–Crippen LogP) is 3.22. The number of carbonyl (C=O) groups excluding carboxylic acids is 3. The Bertz CT molecular complexity index is 1320. The SMILES string of the molecule is C=CC(=O)N1CC(NC(=O)Cn2cc(C(=O)NCCc3nc4c(s3)CCCC4)c3cc(Br)ccc32)C1. The van der Waals surface area contributed by atoms with Crippen LogP contribution in [-0.4, -0.2) is 57.8 Å². The highest BCUT2D eigenvalue weighted by molar-refractivity contribution is 9.10. The first kappa shape index (κ1) is 24.7. The molecule has 3 amide bonds. The van der Waals surface area contributed by atoms with E-state index in [4.69, 9.17) is 4.98 Å². The Morgan fingerprint density at radius 3 is 2.81 bits per heavy atom. The minimum Gasteiger partial charge on any atom is -0.352 e. The molecule has 0 spiro atoms. The van der Waals surface area contributed by atoms with Gasteiger partial charge in [0.25, 0.3) is 5.91 Å². The number of carbonyl (C=O) groups is 3. The van der Waals surface area contributed by atoms with Crippen LogP contribution in [0, 0.1) is 0 Å². The first-order valence-electron chi connectivity index (χ1n) is 12.2. The fourth-order valence-corrected chi connectivity index (χ4v) is 6.30. The highest BCUT2D eigenvalue weighted by Gasteiger charge is 2.30. The van der Waals surface area contributed by atoms with Crippen LogP contribution in [0.3, 0.4) is 0 Å². The van der Waals surface area contributed by atoms with Crippen LogP contribution in [0.25, 0.3) is 10.9 Å². The van der Waals surface area contributed by atoms with Gasteiger partial charge in [0, 0.05) is 52.5 Å². The van der Waals surface area contributed by atoms with Crippen molar-refractivity contribution in [3.63, 3.8) is 0 Å². The molecule has 0 atom stereocenters. The molecule has 0 unspecified atom stereocenters. The van der Waals surface area contributed by atoms with Gasteiger partial charge in [-0.05, 0) is 50.0 Å². The molecule has 2 aliphatic rings. The third kappa shape index (κ3) is 5.24. The number of nitrogens with zero attached hydrogens (tertiary/aromatic N) is 3. The molecule has 3 heterocycles. The lowest BCUT2D eigenvalue weighted by molar-refractivity contribution is -0.133. The Kier molecular flexibility index (Phi) is 7.25. The van der Waals surface area contributed by atoms with Gasteiger partial charge in [0.15, 0.2) is 0 Å². The van der Waals surface area contributed by atoms with Gasteiger partial charge in [0.1, 0.15) is 6.54 Å². The fourth-order valence-electron chi connectivity index (χ4n) is 4.78. The first-order chi connectivity index (χ1) is 17.4. The van der Waals surface area contributed by atoms with Crippen molar-refractivity contribution in [1.82, 2.24) is 25.1 Å². The number of amides is 3. The number of hydrogen-bond donors (Lipinski definition) is 2. The van der Waals surface area contributed by atoms with Crippen LogP contribution in [0.4, 0.5) is 0 Å². The third-order valence-electron chi connectivity index (χ3n) is 6.65. The molecule has 2 aromatic heterocycles. The Morgan fingerprint density at radius 1 is 1.22 bits per heavy atom. The van der Waals surface area contributed by atoms with Gasteiger partial charge in [-0.2, -0.15) is 0 Å². The largest absolute Gasteiger partial charge is 0.352 e. The summed E-state index contributed by atoms with van der Waals surface area (Å²) in [5.74, 6) is -0.464. The molecular weight excluding hydrogens is 542 g/mol. The Morgan fingerprint density at radius 2 is 2.03 bits per heavy atom. The molecule has 3 aromatic rings. The number of thiazole rings is 1. The number of halogens is 1. The van der Waals surface area contributed by atoms with Crippen molar-refractivity contribution in [2.24, 2.45) is 0 Å². The summed E-state index contributed by atoms with van der Waals surface area (Å²) in [7, 11) is 0. The summed E-state index contributed by atoms with van der Waals surface area (Å²) in [5, 5.41) is 7.85. The summed E-state index contributed by atoms with van der Waals surface area (Å²) in [6.07, 6.45) is 8.34. The van der Waals surface area contributed by atoms with E-state index in [9.17, 15) is 14.4 Å². The number of benzene rings is 1. The molecule has 10 heteroatoms. The van der Waals surface area contributed by atoms with Crippen molar-refractivity contribution >= 4 is 55.9 Å². The average molecular weight is 571 g/mol. The molecule has 0 bridgehead atoms. The van der Waals surface area contributed by atoms with E-state index in [2.05, 4.69) is 33.1 Å². The number of nitrogens with one attached hydrogen (secondary N) is 2. The highest BCUT2D eigenvalue weighted by atomic mass is 79.9. The second-order valence-corrected chi connectivity index (χ2v) is 11.3. The summed E-state index contributed by atoms with van der Waals surface area (Å²) in [6.45, 7) is 5.03. The van der Waals surface area contributed by atoms with E-state index in [0.717, 1.165) is 33.2 Å². The monoisotopic (exact) mass is 569 g/mol. The van der Waals surface area contributed by atoms with E-state index < -0.39 is 0 Å². The fraction of sp³-hybridized carbons (Fsp3) is 0.385. The number of aryl methyl sites for hydroxylation is 2. The van der Waals surface area contributed by atoms with Gasteiger partial charge in [-0.15, -0.1) is 11.3 Å². The normalized spacial score (nSPS) is 15.3. The lowest BCUT2D eigenvalue weighted by Gasteiger charge is -2.38. The number of likely N-dealkylation sites (tertiary alicyclic amines) is 1. The molecule has 5 rings (SSSR count). The van der Waals surface area contributed by atoms with Crippen molar-refractivity contribution < 1.29 is 14.4 Å². The third-order valence-corrected chi connectivity index (χ3v) is 8.36. The summed E-state index contributed by atoms with van der Waals surface area (Å²) >= 11 is 5.26. The maximum Gasteiger partial charge on any atom is 0.253 e. The van der Waals surface area contributed by atoms with E-state index in [1.165, 1.54) is 29.5 Å². The Hall–Kier alpha value is -2.98. The molecule has 36 heavy (non-hydrogen) atoms. The zero-order valence-electron chi connectivity index (χ0n) is 19.9. The van der Waals surface area contributed by atoms with Crippen molar-refractivity contribution in [3.8, 4) is 0 Å². The number of rotatable bonds is 8. The molecule has 1 aliphatic heterocycles. The summed E-state index contributed by atoms with van der Waals surface area (Å²) in [6, 6.07) is 5.62. The highest BCUT2D eigenvalue weighted by Crippen LogP contribution is 2.27. The van der Waals surface area contributed by atoms with Crippen molar-refractivity contribution in [2.45, 2.75) is 44.7 Å². The van der Waals surface area contributed by atoms with E-state index in [1.807, 2.05) is 18.2 Å². The van der Waals surface area contributed by atoms with E-state index in [1.54, 1.807) is 27.0 Å². The van der Waals surface area contributed by atoms with Gasteiger partial charge < -0.3 is 20.1 Å². The van der Waals surface area contributed by atoms with Crippen LogP contribution in [0.2, 0.25) is 0 Å². The standard InChI is InChI=1S/C26H28BrN5O3S/c1-2-25(34)32-12-17(13-32)29-23(33)15-31-14-19(18-11-16(27)7-8-21(18)31)26(35)28-10-9-24-30-20-5-3-4-6-22(20)36-24/h2,7-8,11,14,17H,1,3-6,9-10,12-13,15H2,(H,28,35)(H,29,33). The molecule has 8 nitrogen and oxygen atoms in total. The Labute approximate surface area is 221 Å². The lowest BCUT2D eigenvalue weighted by Crippen LogP contribution is -2.61. The van der Waals surface area contributed by atoms with Crippen molar-refractivity contribution in [1.29, 1.82) is 0 Å². The van der Waals surface area contributed by atoms with Crippen LogP contribution in [0.1, 0.15) is 38.8 Å². The smallest absolute Gasteiger partial charge is 0.253 e. The van der Waals surface area contributed by atoms with Crippen LogP contribution >= 0.6 is 27.3 Å². The zero-order chi connectivity index (χ0) is 25.2. The van der Waals surface area contributed by atoms with Gasteiger partial charge in [-0.1, -0.05) is 22.5 Å². The maximum absolute atomic E-state index is 13.1. The first-order valence-corrected chi connectivity index (χ1v) is 13.8. The van der Waals surface area contributed by atoms with Gasteiger partial charge in [0.2, 0.25) is 11.8 Å². The molecule has 1 saturated heterocycles. The second kappa shape index (κ2) is 10.6. The van der Waals surface area contributed by atoms with Gasteiger partial charge in [-0.25, -0.2) is 4.98 Å². The van der Waals surface area contributed by atoms with Crippen LogP contribution in [0.15, 0.2) is 41.5 Å². The molecule has 0 radical (unpaired) electrons. The summed E-state index contributed by atoms with van der Waals surface area (Å²) < 4.78 is 2.66. The zero-order valence-corrected chi connectivity index (χ0v) is 22.3. The number of fused-ring (bicyclic) bond motifs is 2. The van der Waals surface area contributed by atoms with E-state index in [0.29, 0.717) is 31.6 Å². The van der Waals surface area contributed by atoms with Gasteiger partial charge >= 0.3 is 0 Å². The predicted molar refractivity (Wildman–Crippen MR) is 143 cm³/mol. The topological polar surface area (TPSA) is 96.3 Å². The van der Waals surface area contributed by atoms with E-state index in [-0.39, 0.29) is 30.3 Å². The molecule has 1 fully saturated rings. The van der Waals surface area contributed by atoms with Crippen molar-refractivity contribution in [3.05, 3.63) is 62.7 Å². The molecule has 1 aromatic carbocycles. The minimum absolute atomic E-state index is 0.0725. The van der Waals surface area contributed by atoms with Crippen molar-refractivity contribution in [2.75, 3.05) is 19.6 Å². The summed E-state index contributed by atoms with van der Waals surface area (Å²) in [5.41, 5.74) is 2.58. The van der Waals surface area contributed by atoms with Crippen LogP contribution < -0.4 is 10.6 Å².